The van der Waals surface area contributed by atoms with Crippen LogP contribution in [0.25, 0.3) is 10.9 Å². The zero-order valence-corrected chi connectivity index (χ0v) is 18.5. The summed E-state index contributed by atoms with van der Waals surface area (Å²) in [6, 6.07) is 7.09. The molecule has 1 saturated heterocycles. The van der Waals surface area contributed by atoms with Crippen LogP contribution in [-0.2, 0) is 9.53 Å². The number of nitrogens with zero attached hydrogens (tertiary/aromatic N) is 2. The van der Waals surface area contributed by atoms with Gasteiger partial charge >= 0.3 is 6.09 Å². The number of amides is 2. The third-order valence-electron chi connectivity index (χ3n) is 4.86. The number of rotatable bonds is 6. The summed E-state index contributed by atoms with van der Waals surface area (Å²) in [6.07, 6.45) is 3.54. The average molecular weight is 433 g/mol. The Morgan fingerprint density at radius 2 is 2.07 bits per heavy atom. The first-order valence-electron chi connectivity index (χ1n) is 10.3. The van der Waals surface area contributed by atoms with Crippen molar-refractivity contribution < 1.29 is 14.3 Å². The number of benzene rings is 1. The van der Waals surface area contributed by atoms with Gasteiger partial charge in [-0.05, 0) is 64.3 Å². The largest absolute Gasteiger partial charge is 0.444 e. The molecule has 30 heavy (non-hydrogen) atoms. The van der Waals surface area contributed by atoms with Crippen molar-refractivity contribution in [2.45, 2.75) is 51.7 Å². The standard InChI is InChI=1S/C22H29ClN4O3/c1-22(2,3)30-21(29)27-13-4-6-19(27)20(28)26-11-5-10-24-17-9-12-25-18-14-15(23)7-8-16(17)18/h7-9,12,14,19H,4-6,10-11,13H2,1-3H3,(H,24,25)(H,26,28). The molecule has 3 rings (SSSR count). The van der Waals surface area contributed by atoms with E-state index in [9.17, 15) is 9.59 Å². The van der Waals surface area contributed by atoms with Crippen LogP contribution in [-0.4, -0.2) is 53.2 Å². The lowest BCUT2D eigenvalue weighted by Crippen LogP contribution is -2.47. The second kappa shape index (κ2) is 9.51. The minimum Gasteiger partial charge on any atom is -0.444 e. The minimum atomic E-state index is -0.575. The number of fused-ring (bicyclic) bond motifs is 1. The normalized spacial score (nSPS) is 16.5. The number of halogens is 1. The van der Waals surface area contributed by atoms with Crippen molar-refractivity contribution in [3.63, 3.8) is 0 Å². The van der Waals surface area contributed by atoms with Crippen LogP contribution in [0.4, 0.5) is 10.5 Å². The van der Waals surface area contributed by atoms with Gasteiger partial charge in [0, 0.05) is 41.9 Å². The zero-order chi connectivity index (χ0) is 21.7. The zero-order valence-electron chi connectivity index (χ0n) is 17.7. The van der Waals surface area contributed by atoms with Gasteiger partial charge in [0.1, 0.15) is 11.6 Å². The van der Waals surface area contributed by atoms with E-state index in [2.05, 4.69) is 15.6 Å². The van der Waals surface area contributed by atoms with Crippen molar-refractivity contribution in [1.29, 1.82) is 0 Å². The molecule has 2 aromatic rings. The van der Waals surface area contributed by atoms with E-state index < -0.39 is 17.7 Å². The number of carbonyl (C=O) groups is 2. The molecule has 2 amide bonds. The maximum Gasteiger partial charge on any atom is 0.410 e. The summed E-state index contributed by atoms with van der Waals surface area (Å²) < 4.78 is 5.42. The van der Waals surface area contributed by atoms with Crippen molar-refractivity contribution in [1.82, 2.24) is 15.2 Å². The molecule has 0 saturated carbocycles. The summed E-state index contributed by atoms with van der Waals surface area (Å²) in [5, 5.41) is 7.99. The van der Waals surface area contributed by atoms with E-state index in [1.165, 1.54) is 4.90 Å². The van der Waals surface area contributed by atoms with Crippen LogP contribution in [0.2, 0.25) is 5.02 Å². The molecule has 2 N–H and O–H groups in total. The highest BCUT2D eigenvalue weighted by molar-refractivity contribution is 6.31. The molecule has 0 radical (unpaired) electrons. The molecule has 1 unspecified atom stereocenters. The van der Waals surface area contributed by atoms with Crippen LogP contribution in [0.15, 0.2) is 30.5 Å². The number of nitrogens with one attached hydrogen (secondary N) is 2. The van der Waals surface area contributed by atoms with Gasteiger partial charge in [-0.1, -0.05) is 11.6 Å². The van der Waals surface area contributed by atoms with Gasteiger partial charge in [0.2, 0.25) is 5.91 Å². The highest BCUT2D eigenvalue weighted by Gasteiger charge is 2.36. The molecule has 0 spiro atoms. The Morgan fingerprint density at radius 3 is 2.83 bits per heavy atom. The Bertz CT molecular complexity index is 913. The molecule has 1 aromatic heterocycles. The summed E-state index contributed by atoms with van der Waals surface area (Å²) in [5.41, 5.74) is 1.24. The predicted octanol–water partition coefficient (Wildman–Crippen LogP) is 4.21. The van der Waals surface area contributed by atoms with Crippen LogP contribution >= 0.6 is 11.6 Å². The number of hydrogen-bond donors (Lipinski definition) is 2. The molecule has 1 fully saturated rings. The van der Waals surface area contributed by atoms with Gasteiger partial charge < -0.3 is 15.4 Å². The Morgan fingerprint density at radius 1 is 1.27 bits per heavy atom. The smallest absolute Gasteiger partial charge is 0.410 e. The molecule has 0 aliphatic carbocycles. The molecular weight excluding hydrogens is 404 g/mol. The number of pyridine rings is 1. The third-order valence-corrected chi connectivity index (χ3v) is 5.09. The van der Waals surface area contributed by atoms with E-state index in [1.807, 2.05) is 45.0 Å². The van der Waals surface area contributed by atoms with Gasteiger partial charge in [0.05, 0.1) is 5.52 Å². The maximum atomic E-state index is 12.6. The topological polar surface area (TPSA) is 83.6 Å². The first-order chi connectivity index (χ1) is 14.2. The summed E-state index contributed by atoms with van der Waals surface area (Å²) >= 11 is 6.03. The third kappa shape index (κ3) is 5.75. The highest BCUT2D eigenvalue weighted by Crippen LogP contribution is 2.24. The maximum absolute atomic E-state index is 12.6. The molecule has 1 aliphatic heterocycles. The lowest BCUT2D eigenvalue weighted by atomic mass is 10.2. The second-order valence-corrected chi connectivity index (χ2v) is 8.86. The summed E-state index contributed by atoms with van der Waals surface area (Å²) in [6.45, 7) is 7.24. The number of ether oxygens (including phenoxy) is 1. The van der Waals surface area contributed by atoms with E-state index in [4.69, 9.17) is 16.3 Å². The first-order valence-corrected chi connectivity index (χ1v) is 10.7. The van der Waals surface area contributed by atoms with Crippen molar-refractivity contribution in [3.8, 4) is 0 Å². The minimum absolute atomic E-state index is 0.123. The fraction of sp³-hybridized carbons (Fsp3) is 0.500. The molecule has 1 aromatic carbocycles. The van der Waals surface area contributed by atoms with Crippen LogP contribution in [0.1, 0.15) is 40.0 Å². The van der Waals surface area contributed by atoms with Crippen molar-refractivity contribution in [3.05, 3.63) is 35.5 Å². The SMILES string of the molecule is CC(C)(C)OC(=O)N1CCCC1C(=O)NCCCNc1ccnc2cc(Cl)ccc12. The number of hydrogen-bond acceptors (Lipinski definition) is 5. The number of anilines is 1. The van der Waals surface area contributed by atoms with Crippen molar-refractivity contribution in [2.24, 2.45) is 0 Å². The number of carbonyl (C=O) groups excluding carboxylic acids is 2. The average Bonchev–Trinajstić information content (AvgIpc) is 3.16. The fourth-order valence-electron chi connectivity index (χ4n) is 3.49. The molecule has 7 nitrogen and oxygen atoms in total. The molecule has 1 aliphatic rings. The molecule has 1 atom stereocenters. The monoisotopic (exact) mass is 432 g/mol. The van der Waals surface area contributed by atoms with Gasteiger partial charge in [-0.25, -0.2) is 4.79 Å². The van der Waals surface area contributed by atoms with Crippen LogP contribution in [0.3, 0.4) is 0 Å². The van der Waals surface area contributed by atoms with Gasteiger partial charge in [0.25, 0.3) is 0 Å². The lowest BCUT2D eigenvalue weighted by Gasteiger charge is -2.28. The van der Waals surface area contributed by atoms with E-state index in [-0.39, 0.29) is 5.91 Å². The van der Waals surface area contributed by atoms with E-state index in [0.29, 0.717) is 31.1 Å². The molecule has 162 valence electrons. The van der Waals surface area contributed by atoms with Gasteiger partial charge in [0.15, 0.2) is 0 Å². The van der Waals surface area contributed by atoms with Crippen molar-refractivity contribution >= 4 is 40.2 Å². The van der Waals surface area contributed by atoms with E-state index >= 15 is 0 Å². The Kier molecular flexibility index (Phi) is 7.02. The molecule has 2 heterocycles. The van der Waals surface area contributed by atoms with E-state index in [1.54, 1.807) is 6.20 Å². The van der Waals surface area contributed by atoms with Gasteiger partial charge in [-0.3, -0.25) is 14.7 Å². The highest BCUT2D eigenvalue weighted by atomic mass is 35.5. The second-order valence-electron chi connectivity index (χ2n) is 8.42. The summed E-state index contributed by atoms with van der Waals surface area (Å²) in [7, 11) is 0. The van der Waals surface area contributed by atoms with Gasteiger partial charge in [-0.2, -0.15) is 0 Å². The van der Waals surface area contributed by atoms with Crippen LogP contribution in [0, 0.1) is 0 Å². The lowest BCUT2D eigenvalue weighted by molar-refractivity contribution is -0.125. The number of likely N-dealkylation sites (tertiary alicyclic amines) is 1. The first kappa shape index (κ1) is 22.2. The van der Waals surface area contributed by atoms with Gasteiger partial charge in [-0.15, -0.1) is 0 Å². The van der Waals surface area contributed by atoms with Crippen molar-refractivity contribution in [2.75, 3.05) is 25.0 Å². The Labute approximate surface area is 182 Å². The molecular formula is C22H29ClN4O3. The quantitative estimate of drug-likeness (QED) is 0.668. The van der Waals surface area contributed by atoms with Crippen LogP contribution in [0.5, 0.6) is 0 Å². The number of aromatic nitrogens is 1. The summed E-state index contributed by atoms with van der Waals surface area (Å²) in [4.78, 5) is 30.8. The fourth-order valence-corrected chi connectivity index (χ4v) is 3.66. The Balaban J connectivity index is 1.45. The Hall–Kier alpha value is -2.54. The molecule has 8 heteroatoms. The predicted molar refractivity (Wildman–Crippen MR) is 119 cm³/mol. The van der Waals surface area contributed by atoms with Crippen LogP contribution < -0.4 is 10.6 Å². The molecule has 0 bridgehead atoms. The summed E-state index contributed by atoms with van der Waals surface area (Å²) in [5.74, 6) is -0.123. The van der Waals surface area contributed by atoms with E-state index in [0.717, 1.165) is 29.4 Å².